The number of aliphatic hydroxyl groups excluding tert-OH is 1. The van der Waals surface area contributed by atoms with Crippen LogP contribution in [0.4, 0.5) is 0 Å². The summed E-state index contributed by atoms with van der Waals surface area (Å²) in [5.74, 6) is 0. The standard InChI is InChI=1S/C11H17BrN2O/c1-2-4-10(15)8-13-7-9-5-3-6-11(12)14-9/h3,5-6,10,13,15H,2,4,7-8H2,1H3. The molecule has 0 spiro atoms. The number of halogens is 1. The van der Waals surface area contributed by atoms with Crippen LogP contribution in [0, 0.1) is 0 Å². The summed E-state index contributed by atoms with van der Waals surface area (Å²) in [5, 5.41) is 12.7. The minimum Gasteiger partial charge on any atom is -0.392 e. The highest BCUT2D eigenvalue weighted by Gasteiger charge is 2.02. The molecule has 1 heterocycles. The summed E-state index contributed by atoms with van der Waals surface area (Å²) in [6, 6.07) is 5.82. The number of rotatable bonds is 6. The maximum Gasteiger partial charge on any atom is 0.106 e. The van der Waals surface area contributed by atoms with Gasteiger partial charge in [0.15, 0.2) is 0 Å². The van der Waals surface area contributed by atoms with E-state index in [0.717, 1.165) is 23.1 Å². The topological polar surface area (TPSA) is 45.1 Å². The first-order valence-corrected chi connectivity index (χ1v) is 6.02. The second-order valence-corrected chi connectivity index (χ2v) is 4.34. The van der Waals surface area contributed by atoms with Crippen molar-refractivity contribution in [1.29, 1.82) is 0 Å². The molecule has 0 radical (unpaired) electrons. The van der Waals surface area contributed by atoms with Crippen LogP contribution in [0.3, 0.4) is 0 Å². The molecule has 1 aromatic heterocycles. The fraction of sp³-hybridized carbons (Fsp3) is 0.545. The highest BCUT2D eigenvalue weighted by molar-refractivity contribution is 9.10. The van der Waals surface area contributed by atoms with Gasteiger partial charge in [-0.2, -0.15) is 0 Å². The molecule has 4 heteroatoms. The Hall–Kier alpha value is -0.450. The fourth-order valence-electron chi connectivity index (χ4n) is 1.35. The lowest BCUT2D eigenvalue weighted by molar-refractivity contribution is 0.160. The molecule has 0 bridgehead atoms. The van der Waals surface area contributed by atoms with Crippen LogP contribution >= 0.6 is 15.9 Å². The first kappa shape index (κ1) is 12.6. The van der Waals surface area contributed by atoms with E-state index in [0.29, 0.717) is 13.1 Å². The number of hydrogen-bond donors (Lipinski definition) is 2. The zero-order valence-electron chi connectivity index (χ0n) is 8.91. The fourth-order valence-corrected chi connectivity index (χ4v) is 1.73. The number of nitrogens with one attached hydrogen (secondary N) is 1. The number of aliphatic hydroxyl groups is 1. The Bertz CT molecular complexity index is 294. The summed E-state index contributed by atoms with van der Waals surface area (Å²) in [5.41, 5.74) is 0.980. The molecule has 0 amide bonds. The van der Waals surface area contributed by atoms with Gasteiger partial charge in [-0.05, 0) is 34.5 Å². The van der Waals surface area contributed by atoms with Crippen LogP contribution in [0.5, 0.6) is 0 Å². The molecule has 3 nitrogen and oxygen atoms in total. The van der Waals surface area contributed by atoms with Crippen molar-refractivity contribution in [2.75, 3.05) is 6.54 Å². The Morgan fingerprint density at radius 2 is 2.33 bits per heavy atom. The third kappa shape index (κ3) is 5.25. The van der Waals surface area contributed by atoms with Gasteiger partial charge in [-0.15, -0.1) is 0 Å². The Morgan fingerprint density at radius 3 is 3.00 bits per heavy atom. The third-order valence-corrected chi connectivity index (χ3v) is 2.52. The van der Waals surface area contributed by atoms with Gasteiger partial charge >= 0.3 is 0 Å². The van der Waals surface area contributed by atoms with Crippen LogP contribution < -0.4 is 5.32 Å². The molecule has 1 unspecified atom stereocenters. The summed E-state index contributed by atoms with van der Waals surface area (Å²) in [7, 11) is 0. The van der Waals surface area contributed by atoms with Crippen molar-refractivity contribution >= 4 is 15.9 Å². The van der Waals surface area contributed by atoms with Crippen LogP contribution in [0.15, 0.2) is 22.8 Å². The highest BCUT2D eigenvalue weighted by atomic mass is 79.9. The molecule has 1 aromatic rings. The van der Waals surface area contributed by atoms with Crippen molar-refractivity contribution in [3.8, 4) is 0 Å². The van der Waals surface area contributed by atoms with Crippen molar-refractivity contribution in [2.45, 2.75) is 32.4 Å². The minimum absolute atomic E-state index is 0.248. The van der Waals surface area contributed by atoms with Crippen molar-refractivity contribution in [2.24, 2.45) is 0 Å². The Kier molecular flexibility index (Phi) is 5.83. The van der Waals surface area contributed by atoms with Crippen molar-refractivity contribution in [3.63, 3.8) is 0 Å². The number of aromatic nitrogens is 1. The van der Waals surface area contributed by atoms with Crippen LogP contribution in [-0.2, 0) is 6.54 Å². The second-order valence-electron chi connectivity index (χ2n) is 3.53. The van der Waals surface area contributed by atoms with Gasteiger partial charge < -0.3 is 10.4 Å². The molecule has 84 valence electrons. The molecule has 0 fully saturated rings. The summed E-state index contributed by atoms with van der Waals surface area (Å²) in [4.78, 5) is 4.29. The van der Waals surface area contributed by atoms with Gasteiger partial charge in [-0.3, -0.25) is 0 Å². The van der Waals surface area contributed by atoms with E-state index in [1.54, 1.807) is 0 Å². The van der Waals surface area contributed by atoms with E-state index >= 15 is 0 Å². The van der Waals surface area contributed by atoms with Gasteiger partial charge in [0.1, 0.15) is 4.60 Å². The first-order valence-electron chi connectivity index (χ1n) is 5.22. The molecule has 0 aliphatic rings. The molecule has 0 aliphatic carbocycles. The Balaban J connectivity index is 2.25. The van der Waals surface area contributed by atoms with Crippen LogP contribution in [0.1, 0.15) is 25.5 Å². The molecular weight excluding hydrogens is 256 g/mol. The largest absolute Gasteiger partial charge is 0.392 e. The van der Waals surface area contributed by atoms with Crippen molar-refractivity contribution in [3.05, 3.63) is 28.5 Å². The lowest BCUT2D eigenvalue weighted by Gasteiger charge is -2.10. The molecule has 0 saturated carbocycles. The van der Waals surface area contributed by atoms with Gasteiger partial charge in [-0.25, -0.2) is 4.98 Å². The van der Waals surface area contributed by atoms with E-state index in [9.17, 15) is 5.11 Å². The third-order valence-electron chi connectivity index (χ3n) is 2.08. The van der Waals surface area contributed by atoms with Gasteiger partial charge in [0.2, 0.25) is 0 Å². The zero-order chi connectivity index (χ0) is 11.1. The van der Waals surface area contributed by atoms with Crippen molar-refractivity contribution in [1.82, 2.24) is 10.3 Å². The predicted molar refractivity (Wildman–Crippen MR) is 64.6 cm³/mol. The lowest BCUT2D eigenvalue weighted by Crippen LogP contribution is -2.26. The molecule has 0 aliphatic heterocycles. The molecule has 1 atom stereocenters. The summed E-state index contributed by atoms with van der Waals surface area (Å²) in [6.45, 7) is 3.39. The maximum atomic E-state index is 9.49. The molecular formula is C11H17BrN2O. The Labute approximate surface area is 99.1 Å². The van der Waals surface area contributed by atoms with Crippen LogP contribution in [0.25, 0.3) is 0 Å². The second kappa shape index (κ2) is 6.93. The predicted octanol–water partition coefficient (Wildman–Crippen LogP) is 2.09. The average Bonchev–Trinajstić information content (AvgIpc) is 2.18. The summed E-state index contributed by atoms with van der Waals surface area (Å²) < 4.78 is 0.843. The van der Waals surface area contributed by atoms with Gasteiger partial charge in [0.05, 0.1) is 11.8 Å². The number of pyridine rings is 1. The molecule has 0 saturated heterocycles. The summed E-state index contributed by atoms with van der Waals surface area (Å²) in [6.07, 6.45) is 1.61. The van der Waals surface area contributed by atoms with Crippen LogP contribution in [-0.4, -0.2) is 22.7 Å². The van der Waals surface area contributed by atoms with Crippen LogP contribution in [0.2, 0.25) is 0 Å². The monoisotopic (exact) mass is 272 g/mol. The number of nitrogens with zero attached hydrogens (tertiary/aromatic N) is 1. The van der Waals surface area contributed by atoms with E-state index < -0.39 is 0 Å². The van der Waals surface area contributed by atoms with E-state index in [4.69, 9.17) is 0 Å². The van der Waals surface area contributed by atoms with E-state index in [1.165, 1.54) is 0 Å². The summed E-state index contributed by atoms with van der Waals surface area (Å²) >= 11 is 3.32. The lowest BCUT2D eigenvalue weighted by atomic mass is 10.2. The van der Waals surface area contributed by atoms with Gasteiger partial charge in [0.25, 0.3) is 0 Å². The smallest absolute Gasteiger partial charge is 0.106 e. The average molecular weight is 273 g/mol. The molecule has 1 rings (SSSR count). The quantitative estimate of drug-likeness (QED) is 0.780. The van der Waals surface area contributed by atoms with E-state index in [1.807, 2.05) is 18.2 Å². The highest BCUT2D eigenvalue weighted by Crippen LogP contribution is 2.05. The zero-order valence-corrected chi connectivity index (χ0v) is 10.5. The Morgan fingerprint density at radius 1 is 1.53 bits per heavy atom. The minimum atomic E-state index is -0.248. The number of hydrogen-bond acceptors (Lipinski definition) is 3. The van der Waals surface area contributed by atoms with Gasteiger partial charge in [0, 0.05) is 13.1 Å². The SMILES string of the molecule is CCCC(O)CNCc1cccc(Br)n1. The van der Waals surface area contributed by atoms with E-state index in [-0.39, 0.29) is 6.10 Å². The normalized spacial score (nSPS) is 12.7. The first-order chi connectivity index (χ1) is 7.22. The molecule has 2 N–H and O–H groups in total. The van der Waals surface area contributed by atoms with Gasteiger partial charge in [-0.1, -0.05) is 19.4 Å². The molecule has 0 aromatic carbocycles. The van der Waals surface area contributed by atoms with E-state index in [2.05, 4.69) is 33.2 Å². The maximum absolute atomic E-state index is 9.49. The van der Waals surface area contributed by atoms with Crippen molar-refractivity contribution < 1.29 is 5.11 Å². The molecule has 15 heavy (non-hydrogen) atoms.